The van der Waals surface area contributed by atoms with Gasteiger partial charge in [0, 0.05) is 33.2 Å². The summed E-state index contributed by atoms with van der Waals surface area (Å²) in [6, 6.07) is 11.2. The van der Waals surface area contributed by atoms with E-state index in [-0.39, 0.29) is 26.3 Å². The predicted octanol–water partition coefficient (Wildman–Crippen LogP) is 5.91. The fourth-order valence-electron chi connectivity index (χ4n) is 3.08. The Morgan fingerprint density at radius 2 is 1.50 bits per heavy atom. The van der Waals surface area contributed by atoms with Crippen LogP contribution in [0.5, 0.6) is 0 Å². The van der Waals surface area contributed by atoms with Gasteiger partial charge in [-0.2, -0.15) is 13.2 Å². The lowest BCUT2D eigenvalue weighted by molar-refractivity contribution is -0.0885. The Balaban J connectivity index is 2.29. The number of alkyl halides is 3. The van der Waals surface area contributed by atoms with E-state index in [2.05, 4.69) is 0 Å². The Morgan fingerprint density at radius 1 is 0.967 bits per heavy atom. The van der Waals surface area contributed by atoms with Crippen LogP contribution in [0.1, 0.15) is 16.1 Å². The standard InChI is InChI=1S/C20H14Cl2F3NO3S/c1-11-17(19(27)20(23,24)25)10-18(12-3-5-16(6-4-12)30(2,28)29)26(11)15-8-13(21)7-14(22)9-15/h3-10H,1-2H3. The molecule has 30 heavy (non-hydrogen) atoms. The van der Waals surface area contributed by atoms with Gasteiger partial charge in [0.25, 0.3) is 5.78 Å². The highest BCUT2D eigenvalue weighted by molar-refractivity contribution is 7.90. The zero-order chi connectivity index (χ0) is 22.4. The van der Waals surface area contributed by atoms with Gasteiger partial charge in [-0.05, 0) is 48.9 Å². The number of carbonyl (C=O) groups excluding carboxylic acids is 1. The molecular weight excluding hydrogens is 462 g/mol. The van der Waals surface area contributed by atoms with E-state index in [0.717, 1.165) is 12.3 Å². The van der Waals surface area contributed by atoms with Gasteiger partial charge in [-0.1, -0.05) is 35.3 Å². The molecule has 0 unspecified atom stereocenters. The van der Waals surface area contributed by atoms with Gasteiger partial charge in [0.05, 0.1) is 10.6 Å². The molecule has 4 nitrogen and oxygen atoms in total. The number of rotatable bonds is 4. The minimum absolute atomic E-state index is 0.0397. The van der Waals surface area contributed by atoms with E-state index in [4.69, 9.17) is 23.2 Å². The highest BCUT2D eigenvalue weighted by atomic mass is 35.5. The summed E-state index contributed by atoms with van der Waals surface area (Å²) >= 11 is 12.1. The number of sulfone groups is 1. The van der Waals surface area contributed by atoms with Crippen LogP contribution in [-0.4, -0.2) is 31.2 Å². The molecule has 0 fully saturated rings. The normalized spacial score (nSPS) is 12.2. The first-order chi connectivity index (χ1) is 13.8. The molecule has 10 heteroatoms. The van der Waals surface area contributed by atoms with Crippen molar-refractivity contribution in [2.75, 3.05) is 6.26 Å². The molecule has 1 heterocycles. The van der Waals surface area contributed by atoms with Gasteiger partial charge in [0.15, 0.2) is 9.84 Å². The van der Waals surface area contributed by atoms with Gasteiger partial charge in [-0.25, -0.2) is 8.42 Å². The molecule has 0 saturated heterocycles. The molecule has 0 N–H and O–H groups in total. The minimum atomic E-state index is -5.06. The summed E-state index contributed by atoms with van der Waals surface area (Å²) in [7, 11) is -3.46. The number of aromatic nitrogens is 1. The summed E-state index contributed by atoms with van der Waals surface area (Å²) in [5.41, 5.74) is 0.522. The van der Waals surface area contributed by atoms with E-state index in [9.17, 15) is 26.4 Å². The first-order valence-corrected chi connectivity index (χ1v) is 11.0. The molecule has 0 atom stereocenters. The van der Waals surface area contributed by atoms with Crippen molar-refractivity contribution in [1.29, 1.82) is 0 Å². The Kier molecular flexibility index (Phi) is 5.79. The Morgan fingerprint density at radius 3 is 1.97 bits per heavy atom. The molecule has 2 aromatic carbocycles. The van der Waals surface area contributed by atoms with E-state index >= 15 is 0 Å². The molecule has 0 aliphatic carbocycles. The third kappa shape index (κ3) is 4.40. The van der Waals surface area contributed by atoms with Crippen molar-refractivity contribution in [3.8, 4) is 16.9 Å². The smallest absolute Gasteiger partial charge is 0.313 e. The van der Waals surface area contributed by atoms with Crippen LogP contribution >= 0.6 is 23.2 Å². The summed E-state index contributed by atoms with van der Waals surface area (Å²) in [5, 5.41) is 0.514. The zero-order valence-electron chi connectivity index (χ0n) is 15.6. The van der Waals surface area contributed by atoms with Crippen LogP contribution in [0.4, 0.5) is 13.2 Å². The van der Waals surface area contributed by atoms with E-state index < -0.39 is 27.4 Å². The van der Waals surface area contributed by atoms with Gasteiger partial charge >= 0.3 is 6.18 Å². The summed E-state index contributed by atoms with van der Waals surface area (Å²) in [6.45, 7) is 1.38. The third-order valence-electron chi connectivity index (χ3n) is 4.43. The van der Waals surface area contributed by atoms with Crippen LogP contribution < -0.4 is 0 Å². The molecule has 3 rings (SSSR count). The topological polar surface area (TPSA) is 56.1 Å². The van der Waals surface area contributed by atoms with Crippen molar-refractivity contribution in [1.82, 2.24) is 4.57 Å². The number of hydrogen-bond donors (Lipinski definition) is 0. The monoisotopic (exact) mass is 475 g/mol. The van der Waals surface area contributed by atoms with Crippen LogP contribution in [0.15, 0.2) is 53.4 Å². The van der Waals surface area contributed by atoms with Gasteiger partial charge < -0.3 is 4.57 Å². The number of benzene rings is 2. The lowest BCUT2D eigenvalue weighted by atomic mass is 10.1. The van der Waals surface area contributed by atoms with Crippen molar-refractivity contribution < 1.29 is 26.4 Å². The number of halogens is 5. The number of hydrogen-bond acceptors (Lipinski definition) is 3. The molecule has 0 radical (unpaired) electrons. The third-order valence-corrected chi connectivity index (χ3v) is 6.00. The maximum Gasteiger partial charge on any atom is 0.454 e. The number of nitrogens with zero attached hydrogens (tertiary/aromatic N) is 1. The van der Waals surface area contributed by atoms with Crippen LogP contribution in [-0.2, 0) is 9.84 Å². The highest BCUT2D eigenvalue weighted by Gasteiger charge is 2.41. The van der Waals surface area contributed by atoms with Gasteiger partial charge in [0.2, 0.25) is 0 Å². The van der Waals surface area contributed by atoms with Crippen LogP contribution in [0.25, 0.3) is 16.9 Å². The highest BCUT2D eigenvalue weighted by Crippen LogP contribution is 2.35. The van der Waals surface area contributed by atoms with E-state index in [1.807, 2.05) is 0 Å². The average molecular weight is 476 g/mol. The van der Waals surface area contributed by atoms with Crippen molar-refractivity contribution >= 4 is 38.8 Å². The van der Waals surface area contributed by atoms with Crippen LogP contribution in [0, 0.1) is 6.92 Å². The summed E-state index contributed by atoms with van der Waals surface area (Å²) in [4.78, 5) is 12.0. The van der Waals surface area contributed by atoms with Gasteiger partial charge in [-0.3, -0.25) is 4.79 Å². The molecular formula is C20H14Cl2F3NO3S. The van der Waals surface area contributed by atoms with Crippen LogP contribution in [0.2, 0.25) is 10.0 Å². The zero-order valence-corrected chi connectivity index (χ0v) is 17.9. The van der Waals surface area contributed by atoms with Crippen molar-refractivity contribution in [3.05, 3.63) is 69.8 Å². The molecule has 3 aromatic rings. The molecule has 158 valence electrons. The van der Waals surface area contributed by atoms with Crippen molar-refractivity contribution in [3.63, 3.8) is 0 Å². The first-order valence-electron chi connectivity index (χ1n) is 8.40. The van der Waals surface area contributed by atoms with E-state index in [0.29, 0.717) is 11.3 Å². The molecule has 0 amide bonds. The molecule has 0 aliphatic rings. The quantitative estimate of drug-likeness (QED) is 0.440. The molecule has 0 aliphatic heterocycles. The summed E-state index contributed by atoms with van der Waals surface area (Å²) in [5.74, 6) is -1.99. The lowest BCUT2D eigenvalue weighted by Crippen LogP contribution is -2.23. The minimum Gasteiger partial charge on any atom is -0.313 e. The lowest BCUT2D eigenvalue weighted by Gasteiger charge is -2.14. The summed E-state index contributed by atoms with van der Waals surface area (Å²) in [6.07, 6.45) is -4.01. The predicted molar refractivity (Wildman–Crippen MR) is 109 cm³/mol. The van der Waals surface area contributed by atoms with E-state index in [1.165, 1.54) is 54.0 Å². The Labute approximate surface area is 180 Å². The number of carbonyl (C=O) groups is 1. The number of ketones is 1. The van der Waals surface area contributed by atoms with Crippen LogP contribution in [0.3, 0.4) is 0 Å². The maximum absolute atomic E-state index is 13.1. The maximum atomic E-state index is 13.1. The van der Waals surface area contributed by atoms with E-state index in [1.54, 1.807) is 0 Å². The second kappa shape index (κ2) is 7.76. The second-order valence-corrected chi connectivity index (χ2v) is 9.50. The molecule has 1 aromatic heterocycles. The SMILES string of the molecule is Cc1c(C(=O)C(F)(F)F)cc(-c2ccc(S(C)(=O)=O)cc2)n1-c1cc(Cl)cc(Cl)c1. The first kappa shape index (κ1) is 22.4. The van der Waals surface area contributed by atoms with Gasteiger partial charge in [-0.15, -0.1) is 0 Å². The number of Topliss-reactive ketones (excluding diaryl/α,β-unsaturated/α-hetero) is 1. The molecule has 0 saturated carbocycles. The van der Waals surface area contributed by atoms with Crippen molar-refractivity contribution in [2.24, 2.45) is 0 Å². The van der Waals surface area contributed by atoms with Gasteiger partial charge in [0.1, 0.15) is 0 Å². The fourth-order valence-corrected chi connectivity index (χ4v) is 4.22. The molecule has 0 bridgehead atoms. The fraction of sp³-hybridized carbons (Fsp3) is 0.150. The second-order valence-electron chi connectivity index (χ2n) is 6.62. The Bertz CT molecular complexity index is 1230. The molecule has 0 spiro atoms. The Hall–Kier alpha value is -2.29. The summed E-state index contributed by atoms with van der Waals surface area (Å²) < 4.78 is 64.1. The largest absolute Gasteiger partial charge is 0.454 e. The average Bonchev–Trinajstić information content (AvgIpc) is 2.96. The van der Waals surface area contributed by atoms with Crippen molar-refractivity contribution in [2.45, 2.75) is 18.0 Å².